The molecule has 0 bridgehead atoms. The predicted molar refractivity (Wildman–Crippen MR) is 233 cm³/mol. The minimum atomic E-state index is -3.95. The lowest BCUT2D eigenvalue weighted by molar-refractivity contribution is -0.145. The summed E-state index contributed by atoms with van der Waals surface area (Å²) in [6, 6.07) is 4.06. The molecule has 1 aromatic heterocycles. The molecule has 6 unspecified atom stereocenters. The van der Waals surface area contributed by atoms with Crippen LogP contribution in [-0.2, 0) is 35.6 Å². The van der Waals surface area contributed by atoms with E-state index in [-0.39, 0.29) is 30.5 Å². The Hall–Kier alpha value is -3.92. The van der Waals surface area contributed by atoms with Crippen molar-refractivity contribution >= 4 is 60.7 Å². The van der Waals surface area contributed by atoms with E-state index in [0.29, 0.717) is 56.4 Å². The van der Waals surface area contributed by atoms with Gasteiger partial charge in [-0.15, -0.1) is 6.58 Å². The highest BCUT2D eigenvalue weighted by Gasteiger charge is 2.58. The lowest BCUT2D eigenvalue weighted by atomic mass is 9.66. The summed E-state index contributed by atoms with van der Waals surface area (Å²) >= 11 is 3.45. The fourth-order valence-electron chi connectivity index (χ4n) is 8.50. The molecule has 3 saturated carbocycles. The molecule has 1 saturated heterocycles. The average molecular weight is 917 g/mol. The Kier molecular flexibility index (Phi) is 13.8. The number of carbonyl (C=O) groups excluding carboxylic acids is 4. The normalized spacial score (nSPS) is 24.8. The number of amides is 4. The largest absolute Gasteiger partial charge is 0.492 e. The van der Waals surface area contributed by atoms with Crippen LogP contribution in [0.3, 0.4) is 0 Å². The topological polar surface area (TPSA) is 193 Å². The van der Waals surface area contributed by atoms with Gasteiger partial charge in [-0.25, -0.2) is 13.2 Å². The fourth-order valence-corrected chi connectivity index (χ4v) is 10.0. The number of alkyl halides is 1. The van der Waals surface area contributed by atoms with Crippen molar-refractivity contribution in [2.75, 3.05) is 18.5 Å². The monoisotopic (exact) mass is 915 g/mol. The number of aryl methyl sites for hydroxylation is 1. The molecule has 4 N–H and O–H groups in total. The molecule has 6 rings (SSSR count). The third kappa shape index (κ3) is 9.90. The molecule has 14 nitrogen and oxygen atoms in total. The summed E-state index contributed by atoms with van der Waals surface area (Å²) in [6.07, 6.45) is 8.78. The molecule has 1 aliphatic heterocycles. The molecule has 2 heterocycles. The van der Waals surface area contributed by atoms with Crippen LogP contribution >= 0.6 is 15.9 Å². The van der Waals surface area contributed by atoms with Crippen LogP contribution in [0.5, 0.6) is 5.75 Å². The smallest absolute Gasteiger partial charge is 0.408 e. The zero-order chi connectivity index (χ0) is 43.6. The summed E-state index contributed by atoms with van der Waals surface area (Å²) in [6.45, 7) is 13.7. The van der Waals surface area contributed by atoms with Gasteiger partial charge in [0, 0.05) is 23.2 Å². The molecule has 4 aliphatic rings. The SMILES string of the molecule is C=CC1CCC1(NC(=O)C1CCCN1C(=O)C(NC(=O)OC1CC1CCCCCc1c(OCCCBr)c2ccc(C)cc2[nH]c1=O)C(C)(C)C)C(=O)NS(=O)(=O)C1(C)CC1. The quantitative estimate of drug-likeness (QED) is 0.0736. The highest BCUT2D eigenvalue weighted by molar-refractivity contribution is 9.09. The van der Waals surface area contributed by atoms with Gasteiger partial charge in [0.05, 0.1) is 22.4 Å². The summed E-state index contributed by atoms with van der Waals surface area (Å²) in [4.78, 5) is 72.6. The van der Waals surface area contributed by atoms with Gasteiger partial charge >= 0.3 is 6.09 Å². The number of alkyl carbamates (subject to hydrolysis) is 1. The fraction of sp³-hybridized carbons (Fsp3) is 0.659. The number of hydrogen-bond donors (Lipinski definition) is 4. The number of carbonyl (C=O) groups is 4. The molecule has 0 spiro atoms. The number of likely N-dealkylation sites (tertiary alicyclic amines) is 1. The maximum absolute atomic E-state index is 14.2. The van der Waals surface area contributed by atoms with E-state index in [1.165, 1.54) is 4.90 Å². The van der Waals surface area contributed by atoms with E-state index >= 15 is 0 Å². The van der Waals surface area contributed by atoms with Crippen LogP contribution in [-0.4, -0.2) is 89.1 Å². The Balaban J connectivity index is 0.996. The van der Waals surface area contributed by atoms with Crippen molar-refractivity contribution in [2.45, 2.75) is 147 Å². The number of unbranched alkanes of at least 4 members (excludes halogenated alkanes) is 2. The van der Waals surface area contributed by atoms with Gasteiger partial charge in [0.15, 0.2) is 0 Å². The zero-order valence-electron chi connectivity index (χ0n) is 35.6. The van der Waals surface area contributed by atoms with Gasteiger partial charge in [-0.3, -0.25) is 23.9 Å². The second-order valence-corrected chi connectivity index (χ2v) is 21.6. The predicted octanol–water partition coefficient (Wildman–Crippen LogP) is 6.07. The lowest BCUT2D eigenvalue weighted by Gasteiger charge is -2.47. The summed E-state index contributed by atoms with van der Waals surface area (Å²) in [5.41, 5.74) is 0.134. The highest BCUT2D eigenvalue weighted by atomic mass is 79.9. The average Bonchev–Trinajstić information content (AvgIpc) is 4.05. The number of sulfonamides is 1. The van der Waals surface area contributed by atoms with E-state index < -0.39 is 67.5 Å². The van der Waals surface area contributed by atoms with Crippen molar-refractivity contribution in [1.29, 1.82) is 0 Å². The molecule has 4 amide bonds. The van der Waals surface area contributed by atoms with E-state index in [1.54, 1.807) is 13.0 Å². The van der Waals surface area contributed by atoms with Gasteiger partial charge in [-0.1, -0.05) is 61.7 Å². The van der Waals surface area contributed by atoms with Crippen molar-refractivity contribution in [1.82, 2.24) is 25.2 Å². The first-order valence-corrected chi connectivity index (χ1v) is 24.1. The van der Waals surface area contributed by atoms with Gasteiger partial charge in [0.2, 0.25) is 21.8 Å². The number of H-pyrrole nitrogens is 1. The van der Waals surface area contributed by atoms with Gasteiger partial charge in [0.1, 0.15) is 29.5 Å². The first-order chi connectivity index (χ1) is 28.3. The maximum atomic E-state index is 14.2. The van der Waals surface area contributed by atoms with E-state index in [9.17, 15) is 32.4 Å². The number of pyridine rings is 1. The van der Waals surface area contributed by atoms with Crippen LogP contribution in [0.2, 0.25) is 0 Å². The molecule has 2 aromatic rings. The number of ether oxygens (including phenoxy) is 2. The van der Waals surface area contributed by atoms with Crippen molar-refractivity contribution in [3.8, 4) is 5.75 Å². The third-order valence-electron chi connectivity index (χ3n) is 12.9. The second-order valence-electron chi connectivity index (χ2n) is 18.6. The molecule has 4 fully saturated rings. The zero-order valence-corrected chi connectivity index (χ0v) is 38.0. The summed E-state index contributed by atoms with van der Waals surface area (Å²) in [5, 5.41) is 7.36. The Morgan fingerprint density at radius 1 is 1.10 bits per heavy atom. The van der Waals surface area contributed by atoms with Crippen LogP contribution in [0.1, 0.15) is 116 Å². The van der Waals surface area contributed by atoms with Crippen molar-refractivity contribution in [3.05, 3.63) is 52.3 Å². The number of nitrogens with zero attached hydrogens (tertiary/aromatic N) is 1. The van der Waals surface area contributed by atoms with Crippen LogP contribution < -0.4 is 25.7 Å². The van der Waals surface area contributed by atoms with Gasteiger partial charge in [-0.2, -0.15) is 0 Å². The van der Waals surface area contributed by atoms with E-state index in [4.69, 9.17) is 9.47 Å². The molecule has 6 atom stereocenters. The lowest BCUT2D eigenvalue weighted by Crippen LogP contribution is -2.70. The molecule has 1 aromatic carbocycles. The van der Waals surface area contributed by atoms with Crippen molar-refractivity contribution < 1.29 is 37.1 Å². The molecule has 60 heavy (non-hydrogen) atoms. The standard InChI is InChI=1S/C44H62BrN5O9S/c1-7-29-18-19-44(29,40(54)49-60(56,57)43(6)20-21-43)48-38(52)33-15-11-23-50(33)39(53)36(42(3,4)5)47-41(55)59-34-26-28(34)13-9-8-10-14-31-35(58-24-12-22-45)30-17-16-27(2)25-32(30)46-37(31)51/h7,16-17,25,28-29,33-34,36H,1,8-15,18-24,26H2,2-6H3,(H,46,51)(H,47,55)(H,48,52)(H,49,54). The number of rotatable bonds is 19. The van der Waals surface area contributed by atoms with Crippen LogP contribution in [0.4, 0.5) is 4.79 Å². The van der Waals surface area contributed by atoms with E-state index in [1.807, 2.05) is 45.9 Å². The van der Waals surface area contributed by atoms with Crippen molar-refractivity contribution in [3.63, 3.8) is 0 Å². The second kappa shape index (κ2) is 18.2. The Morgan fingerprint density at radius 2 is 1.85 bits per heavy atom. The first kappa shape index (κ1) is 45.6. The van der Waals surface area contributed by atoms with Gasteiger partial charge < -0.3 is 30.0 Å². The minimum Gasteiger partial charge on any atom is -0.492 e. The maximum Gasteiger partial charge on any atom is 0.408 e. The van der Waals surface area contributed by atoms with E-state index in [2.05, 4.69) is 42.8 Å². The van der Waals surface area contributed by atoms with Gasteiger partial charge in [0.25, 0.3) is 11.5 Å². The Bertz CT molecular complexity index is 2150. The van der Waals surface area contributed by atoms with Crippen LogP contribution in [0, 0.1) is 24.2 Å². The number of halogens is 1. The first-order valence-electron chi connectivity index (χ1n) is 21.5. The van der Waals surface area contributed by atoms with Crippen LogP contribution in [0.15, 0.2) is 35.6 Å². The summed E-state index contributed by atoms with van der Waals surface area (Å²) in [7, 11) is -3.95. The minimum absolute atomic E-state index is 0.125. The molecule has 16 heteroatoms. The van der Waals surface area contributed by atoms with E-state index in [0.717, 1.165) is 60.3 Å². The third-order valence-corrected chi connectivity index (χ3v) is 15.6. The number of nitrogens with one attached hydrogen (secondary N) is 4. The van der Waals surface area contributed by atoms with Gasteiger partial charge in [-0.05, 0) is 114 Å². The number of aromatic amines is 1. The molecule has 0 radical (unpaired) electrons. The highest BCUT2D eigenvalue weighted by Crippen LogP contribution is 2.45. The number of hydrogen-bond acceptors (Lipinski definition) is 9. The Morgan fingerprint density at radius 3 is 2.50 bits per heavy atom. The number of fused-ring (bicyclic) bond motifs is 1. The molecule has 330 valence electrons. The van der Waals surface area contributed by atoms with Crippen LogP contribution in [0.25, 0.3) is 10.9 Å². The molecular weight excluding hydrogens is 854 g/mol. The molecular formula is C44H62BrN5O9S. The molecule has 3 aliphatic carbocycles. The number of benzene rings is 1. The Labute approximate surface area is 361 Å². The number of aromatic nitrogens is 1. The summed E-state index contributed by atoms with van der Waals surface area (Å²) in [5.74, 6) is -1.39. The summed E-state index contributed by atoms with van der Waals surface area (Å²) < 4.78 is 39.1. The van der Waals surface area contributed by atoms with Crippen molar-refractivity contribution in [2.24, 2.45) is 17.3 Å².